The molecular formula is C12H23NOS. The number of hydrogen-bond donors (Lipinski definition) is 1. The highest BCUT2D eigenvalue weighted by Gasteiger charge is 2.58. The van der Waals surface area contributed by atoms with Crippen LogP contribution in [0, 0.1) is 0 Å². The Morgan fingerprint density at radius 1 is 1.27 bits per heavy atom. The van der Waals surface area contributed by atoms with Crippen LogP contribution in [0.15, 0.2) is 0 Å². The van der Waals surface area contributed by atoms with E-state index in [2.05, 4.69) is 51.7 Å². The molecule has 2 aliphatic heterocycles. The Morgan fingerprint density at radius 2 is 1.93 bits per heavy atom. The fraction of sp³-hybridized carbons (Fsp3) is 1.00. The van der Waals surface area contributed by atoms with Gasteiger partial charge in [0.2, 0.25) is 0 Å². The van der Waals surface area contributed by atoms with Crippen molar-refractivity contribution < 1.29 is 4.74 Å². The van der Waals surface area contributed by atoms with E-state index >= 15 is 0 Å². The van der Waals surface area contributed by atoms with Gasteiger partial charge < -0.3 is 4.74 Å². The monoisotopic (exact) mass is 229 g/mol. The minimum Gasteiger partial charge on any atom is -0.367 e. The fourth-order valence-corrected chi connectivity index (χ4v) is 4.94. The van der Waals surface area contributed by atoms with Crippen LogP contribution in [-0.2, 0) is 4.74 Å². The van der Waals surface area contributed by atoms with Gasteiger partial charge in [0, 0.05) is 12.5 Å². The largest absolute Gasteiger partial charge is 0.367 e. The SMILES string of the molecule is CC1CCSC2(CC(C)(C)OC2(C)C)N1. The highest BCUT2D eigenvalue weighted by atomic mass is 32.2. The zero-order valence-electron chi connectivity index (χ0n) is 10.5. The molecule has 0 aromatic rings. The van der Waals surface area contributed by atoms with Gasteiger partial charge in [-0.05, 0) is 46.8 Å². The van der Waals surface area contributed by atoms with Crippen molar-refractivity contribution in [3.8, 4) is 0 Å². The molecule has 0 amide bonds. The molecule has 0 bridgehead atoms. The van der Waals surface area contributed by atoms with Crippen LogP contribution in [0.1, 0.15) is 47.5 Å². The molecule has 1 spiro atoms. The predicted molar refractivity (Wildman–Crippen MR) is 66.3 cm³/mol. The predicted octanol–water partition coefficient (Wildman–Crippen LogP) is 2.78. The Morgan fingerprint density at radius 3 is 2.40 bits per heavy atom. The van der Waals surface area contributed by atoms with Gasteiger partial charge in [0.1, 0.15) is 0 Å². The topological polar surface area (TPSA) is 21.3 Å². The Kier molecular flexibility index (Phi) is 2.65. The molecule has 0 saturated carbocycles. The van der Waals surface area contributed by atoms with Gasteiger partial charge in [0.05, 0.1) is 16.1 Å². The standard InChI is InChI=1S/C12H23NOS/c1-9-6-7-15-12(13-9)8-10(2,3)14-11(12,4)5/h9,13H,6-8H2,1-5H3. The van der Waals surface area contributed by atoms with Crippen molar-refractivity contribution in [3.05, 3.63) is 0 Å². The Hall–Kier alpha value is 0.270. The van der Waals surface area contributed by atoms with E-state index in [1.165, 1.54) is 12.2 Å². The van der Waals surface area contributed by atoms with Gasteiger partial charge in [0.15, 0.2) is 0 Å². The van der Waals surface area contributed by atoms with Crippen molar-refractivity contribution in [1.82, 2.24) is 5.32 Å². The highest BCUT2D eigenvalue weighted by Crippen LogP contribution is 2.52. The van der Waals surface area contributed by atoms with Crippen molar-refractivity contribution >= 4 is 11.8 Å². The minimum atomic E-state index is -0.0736. The van der Waals surface area contributed by atoms with E-state index in [-0.39, 0.29) is 16.1 Å². The molecule has 15 heavy (non-hydrogen) atoms. The Labute approximate surface area is 97.5 Å². The number of thioether (sulfide) groups is 1. The second kappa shape index (κ2) is 3.38. The lowest BCUT2D eigenvalue weighted by Crippen LogP contribution is -2.59. The van der Waals surface area contributed by atoms with E-state index in [1.807, 2.05) is 0 Å². The summed E-state index contributed by atoms with van der Waals surface area (Å²) in [5, 5.41) is 3.78. The quantitative estimate of drug-likeness (QED) is 0.690. The molecular weight excluding hydrogens is 206 g/mol. The average molecular weight is 229 g/mol. The van der Waals surface area contributed by atoms with Crippen molar-refractivity contribution in [3.63, 3.8) is 0 Å². The molecule has 0 radical (unpaired) electrons. The summed E-state index contributed by atoms with van der Waals surface area (Å²) in [5.41, 5.74) is -0.0730. The summed E-state index contributed by atoms with van der Waals surface area (Å²) in [4.78, 5) is 0.119. The van der Waals surface area contributed by atoms with Crippen LogP contribution in [0.2, 0.25) is 0 Å². The normalized spacial score (nSPS) is 43.4. The van der Waals surface area contributed by atoms with E-state index < -0.39 is 0 Å². The van der Waals surface area contributed by atoms with Crippen LogP contribution in [-0.4, -0.2) is 27.9 Å². The molecule has 2 atom stereocenters. The Bertz CT molecular complexity index is 264. The van der Waals surface area contributed by atoms with Crippen molar-refractivity contribution in [2.75, 3.05) is 5.75 Å². The molecule has 2 heterocycles. The van der Waals surface area contributed by atoms with Crippen molar-refractivity contribution in [2.24, 2.45) is 0 Å². The highest BCUT2D eigenvalue weighted by molar-refractivity contribution is 8.00. The fourth-order valence-electron chi connectivity index (χ4n) is 2.99. The number of nitrogens with one attached hydrogen (secondary N) is 1. The number of rotatable bonds is 0. The molecule has 2 nitrogen and oxygen atoms in total. The second-order valence-corrected chi connectivity index (χ2v) is 7.45. The molecule has 1 N–H and O–H groups in total. The zero-order chi connectivity index (χ0) is 11.3. The summed E-state index contributed by atoms with van der Waals surface area (Å²) in [5.74, 6) is 1.25. The van der Waals surface area contributed by atoms with E-state index in [1.54, 1.807) is 0 Å². The van der Waals surface area contributed by atoms with Gasteiger partial charge in [-0.25, -0.2) is 0 Å². The molecule has 0 aromatic heterocycles. The van der Waals surface area contributed by atoms with E-state index in [9.17, 15) is 0 Å². The van der Waals surface area contributed by atoms with Crippen LogP contribution in [0.5, 0.6) is 0 Å². The number of hydrogen-bond acceptors (Lipinski definition) is 3. The molecule has 2 saturated heterocycles. The first-order valence-electron chi connectivity index (χ1n) is 5.88. The van der Waals surface area contributed by atoms with E-state index in [4.69, 9.17) is 4.74 Å². The zero-order valence-corrected chi connectivity index (χ0v) is 11.3. The minimum absolute atomic E-state index is 0.000556. The maximum absolute atomic E-state index is 6.19. The molecule has 88 valence electrons. The molecule has 2 unspecified atom stereocenters. The third-order valence-electron chi connectivity index (χ3n) is 3.56. The van der Waals surface area contributed by atoms with E-state index in [0.29, 0.717) is 6.04 Å². The Balaban J connectivity index is 2.26. The van der Waals surface area contributed by atoms with E-state index in [0.717, 1.165) is 6.42 Å². The molecule has 2 fully saturated rings. The van der Waals surface area contributed by atoms with Crippen molar-refractivity contribution in [2.45, 2.75) is 69.6 Å². The van der Waals surface area contributed by atoms with Gasteiger partial charge in [0.25, 0.3) is 0 Å². The van der Waals surface area contributed by atoms with Crippen LogP contribution >= 0.6 is 11.8 Å². The smallest absolute Gasteiger partial charge is 0.0962 e. The molecule has 0 aromatic carbocycles. The van der Waals surface area contributed by atoms with Gasteiger partial charge in [-0.2, -0.15) is 0 Å². The average Bonchev–Trinajstić information content (AvgIpc) is 2.15. The summed E-state index contributed by atoms with van der Waals surface area (Å²) < 4.78 is 6.19. The molecule has 2 aliphatic rings. The summed E-state index contributed by atoms with van der Waals surface area (Å²) in [6, 6.07) is 0.614. The molecule has 3 heteroatoms. The second-order valence-electron chi connectivity index (χ2n) is 6.06. The first kappa shape index (κ1) is 11.7. The van der Waals surface area contributed by atoms with Gasteiger partial charge in [-0.1, -0.05) is 0 Å². The first-order chi connectivity index (χ1) is 6.77. The van der Waals surface area contributed by atoms with Crippen LogP contribution in [0.3, 0.4) is 0 Å². The lowest BCUT2D eigenvalue weighted by atomic mass is 9.92. The molecule has 2 rings (SSSR count). The lowest BCUT2D eigenvalue weighted by Gasteiger charge is -2.45. The van der Waals surface area contributed by atoms with Crippen LogP contribution < -0.4 is 5.32 Å². The third-order valence-corrected chi connectivity index (χ3v) is 5.24. The van der Waals surface area contributed by atoms with Crippen LogP contribution in [0.25, 0.3) is 0 Å². The summed E-state index contributed by atoms with van der Waals surface area (Å²) in [6.07, 6.45) is 2.37. The van der Waals surface area contributed by atoms with Crippen molar-refractivity contribution in [1.29, 1.82) is 0 Å². The maximum atomic E-state index is 6.19. The molecule has 0 aliphatic carbocycles. The van der Waals surface area contributed by atoms with Gasteiger partial charge >= 0.3 is 0 Å². The van der Waals surface area contributed by atoms with Gasteiger partial charge in [-0.3, -0.25) is 5.32 Å². The first-order valence-corrected chi connectivity index (χ1v) is 6.87. The number of ether oxygens (including phenoxy) is 1. The summed E-state index contributed by atoms with van der Waals surface area (Å²) in [7, 11) is 0. The maximum Gasteiger partial charge on any atom is 0.0962 e. The summed E-state index contributed by atoms with van der Waals surface area (Å²) >= 11 is 2.05. The van der Waals surface area contributed by atoms with Gasteiger partial charge in [-0.15, -0.1) is 11.8 Å². The third kappa shape index (κ3) is 1.94. The lowest BCUT2D eigenvalue weighted by molar-refractivity contribution is -0.0740. The summed E-state index contributed by atoms with van der Waals surface area (Å²) in [6.45, 7) is 11.1. The van der Waals surface area contributed by atoms with Crippen LogP contribution in [0.4, 0.5) is 0 Å².